The summed E-state index contributed by atoms with van der Waals surface area (Å²) in [6, 6.07) is 30.0. The molecule has 224 valence electrons. The lowest BCUT2D eigenvalue weighted by Gasteiger charge is -2.36. The Balaban J connectivity index is 1.14. The number of amides is 3. The number of piperidine rings is 1. The van der Waals surface area contributed by atoms with E-state index >= 15 is 0 Å². The first-order chi connectivity index (χ1) is 21.5. The molecule has 0 bridgehead atoms. The Hall–Kier alpha value is -4.75. The molecule has 44 heavy (non-hydrogen) atoms. The van der Waals surface area contributed by atoms with Crippen LogP contribution in [0.3, 0.4) is 0 Å². The Bertz CT molecular complexity index is 1660. The molecule has 1 saturated heterocycles. The zero-order chi connectivity index (χ0) is 30.5. The fraction of sp³-hybridized carbons (Fsp3) is 0.270. The quantitative estimate of drug-likeness (QED) is 0.247. The minimum atomic E-state index is -0.249. The molecule has 4 aromatic rings. The lowest BCUT2D eigenvalue weighted by atomic mass is 9.95. The summed E-state index contributed by atoms with van der Waals surface area (Å²) in [6.45, 7) is 5.91. The molecule has 0 unspecified atom stereocenters. The van der Waals surface area contributed by atoms with E-state index in [4.69, 9.17) is 0 Å². The van der Waals surface area contributed by atoms with Crippen molar-refractivity contribution in [2.24, 2.45) is 0 Å². The number of likely N-dealkylation sites (tertiary alicyclic amines) is 1. The van der Waals surface area contributed by atoms with Crippen LogP contribution in [-0.2, 0) is 4.79 Å². The summed E-state index contributed by atoms with van der Waals surface area (Å²) in [5.41, 5.74) is 6.08. The van der Waals surface area contributed by atoms with Crippen molar-refractivity contribution < 1.29 is 14.4 Å². The van der Waals surface area contributed by atoms with E-state index in [9.17, 15) is 14.4 Å². The number of rotatable bonds is 8. The molecular weight excluding hydrogens is 548 g/mol. The number of nitrogens with one attached hydrogen (secondary N) is 1. The van der Waals surface area contributed by atoms with Crippen LogP contribution in [0.15, 0.2) is 97.1 Å². The number of benzene rings is 4. The summed E-state index contributed by atoms with van der Waals surface area (Å²) in [6.07, 6.45) is 4.70. The van der Waals surface area contributed by atoms with Crippen LogP contribution in [0, 0.1) is 6.92 Å². The molecule has 2 heterocycles. The molecule has 7 heteroatoms. The van der Waals surface area contributed by atoms with E-state index in [0.29, 0.717) is 23.4 Å². The number of carbonyl (C=O) groups excluding carboxylic acids is 3. The highest BCUT2D eigenvalue weighted by molar-refractivity contribution is 6.16. The van der Waals surface area contributed by atoms with Crippen molar-refractivity contribution in [2.45, 2.75) is 32.6 Å². The maximum absolute atomic E-state index is 13.7. The lowest BCUT2D eigenvalue weighted by molar-refractivity contribution is -0.117. The number of aryl methyl sites for hydroxylation is 1. The van der Waals surface area contributed by atoms with Crippen LogP contribution >= 0.6 is 0 Å². The summed E-state index contributed by atoms with van der Waals surface area (Å²) in [4.78, 5) is 46.2. The van der Waals surface area contributed by atoms with Gasteiger partial charge >= 0.3 is 0 Å². The third-order valence-corrected chi connectivity index (χ3v) is 8.60. The molecular formula is C37H38N4O3. The molecule has 2 aliphatic heterocycles. The first-order valence-corrected chi connectivity index (χ1v) is 15.5. The number of para-hydroxylation sites is 2. The second kappa shape index (κ2) is 13.3. The number of fused-ring (bicyclic) bond motifs is 1. The molecule has 2 aliphatic rings. The molecule has 1 fully saturated rings. The van der Waals surface area contributed by atoms with E-state index in [2.05, 4.69) is 10.2 Å². The Labute approximate surface area is 259 Å². The fourth-order valence-corrected chi connectivity index (χ4v) is 6.26. The zero-order valence-corrected chi connectivity index (χ0v) is 25.2. The maximum Gasteiger partial charge on any atom is 0.258 e. The van der Waals surface area contributed by atoms with E-state index in [1.807, 2.05) is 84.6 Å². The summed E-state index contributed by atoms with van der Waals surface area (Å²) in [5, 5.41) is 2.98. The SMILES string of the molecule is Cc1ccccc1-c1ccccc1C(=O)Nc1ccc(C(=O)N2CC(=O)N(CCCN3CCCCC3)c3ccccc32)cc1. The number of anilines is 3. The van der Waals surface area contributed by atoms with Crippen LogP contribution in [-0.4, -0.2) is 55.3 Å². The summed E-state index contributed by atoms with van der Waals surface area (Å²) >= 11 is 0. The predicted octanol–water partition coefficient (Wildman–Crippen LogP) is 6.78. The molecule has 0 saturated carbocycles. The van der Waals surface area contributed by atoms with Gasteiger partial charge in [-0.2, -0.15) is 0 Å². The van der Waals surface area contributed by atoms with Gasteiger partial charge in [-0.25, -0.2) is 0 Å². The van der Waals surface area contributed by atoms with Gasteiger partial charge in [0, 0.05) is 23.4 Å². The number of hydrogen-bond donors (Lipinski definition) is 1. The fourth-order valence-electron chi connectivity index (χ4n) is 6.26. The second-order valence-corrected chi connectivity index (χ2v) is 11.6. The van der Waals surface area contributed by atoms with Crippen LogP contribution in [0.25, 0.3) is 11.1 Å². The van der Waals surface area contributed by atoms with Crippen molar-refractivity contribution in [3.8, 4) is 11.1 Å². The number of nitrogens with zero attached hydrogens (tertiary/aromatic N) is 3. The smallest absolute Gasteiger partial charge is 0.258 e. The predicted molar refractivity (Wildman–Crippen MR) is 176 cm³/mol. The Kier molecular flexibility index (Phi) is 8.84. The average molecular weight is 587 g/mol. The van der Waals surface area contributed by atoms with E-state index < -0.39 is 0 Å². The number of carbonyl (C=O) groups is 3. The molecule has 0 radical (unpaired) electrons. The van der Waals surface area contributed by atoms with Gasteiger partial charge in [0.2, 0.25) is 5.91 Å². The van der Waals surface area contributed by atoms with Gasteiger partial charge in [-0.15, -0.1) is 0 Å². The van der Waals surface area contributed by atoms with Gasteiger partial charge in [0.05, 0.1) is 11.4 Å². The summed E-state index contributed by atoms with van der Waals surface area (Å²) < 4.78 is 0. The van der Waals surface area contributed by atoms with Crippen LogP contribution in [0.1, 0.15) is 52.0 Å². The van der Waals surface area contributed by atoms with E-state index in [1.165, 1.54) is 19.3 Å². The summed E-state index contributed by atoms with van der Waals surface area (Å²) in [7, 11) is 0. The third-order valence-electron chi connectivity index (χ3n) is 8.60. The summed E-state index contributed by atoms with van der Waals surface area (Å²) in [5.74, 6) is -0.549. The standard InChI is InChI=1S/C37H38N4O3/c1-27-12-3-4-13-30(27)31-14-5-6-15-32(31)36(43)38-29-20-18-28(19-21-29)37(44)41-26-35(42)40(33-16-7-8-17-34(33)41)25-11-24-39-22-9-2-10-23-39/h3-8,12-21H,2,9-11,22-26H2,1H3,(H,38,43). The van der Waals surface area contributed by atoms with E-state index in [-0.39, 0.29) is 24.3 Å². The van der Waals surface area contributed by atoms with Gasteiger partial charge in [-0.1, -0.05) is 61.0 Å². The average Bonchev–Trinajstić information content (AvgIpc) is 3.06. The van der Waals surface area contributed by atoms with Crippen LogP contribution < -0.4 is 15.1 Å². The first kappa shape index (κ1) is 29.3. The van der Waals surface area contributed by atoms with Crippen LogP contribution in [0.4, 0.5) is 17.1 Å². The molecule has 6 rings (SSSR count). The van der Waals surface area contributed by atoms with Gasteiger partial charge in [0.1, 0.15) is 6.54 Å². The van der Waals surface area contributed by atoms with Crippen molar-refractivity contribution in [3.63, 3.8) is 0 Å². The molecule has 0 aliphatic carbocycles. The Morgan fingerprint density at radius 3 is 2.14 bits per heavy atom. The van der Waals surface area contributed by atoms with Crippen molar-refractivity contribution in [2.75, 3.05) is 47.8 Å². The molecule has 0 aromatic heterocycles. The maximum atomic E-state index is 13.7. The van der Waals surface area contributed by atoms with Gasteiger partial charge in [0.15, 0.2) is 0 Å². The van der Waals surface area contributed by atoms with Crippen molar-refractivity contribution in [1.29, 1.82) is 0 Å². The van der Waals surface area contributed by atoms with Crippen LogP contribution in [0.2, 0.25) is 0 Å². The molecule has 3 amide bonds. The number of hydrogen-bond acceptors (Lipinski definition) is 4. The molecule has 7 nitrogen and oxygen atoms in total. The monoisotopic (exact) mass is 586 g/mol. The van der Waals surface area contributed by atoms with Gasteiger partial charge < -0.3 is 15.1 Å². The highest BCUT2D eigenvalue weighted by atomic mass is 16.2. The van der Waals surface area contributed by atoms with Gasteiger partial charge in [0.25, 0.3) is 11.8 Å². The minimum Gasteiger partial charge on any atom is -0.322 e. The van der Waals surface area contributed by atoms with E-state index in [0.717, 1.165) is 54.1 Å². The van der Waals surface area contributed by atoms with Crippen molar-refractivity contribution >= 4 is 34.8 Å². The van der Waals surface area contributed by atoms with Crippen molar-refractivity contribution in [3.05, 3.63) is 114 Å². The highest BCUT2D eigenvalue weighted by Gasteiger charge is 2.32. The molecule has 1 N–H and O–H groups in total. The Morgan fingerprint density at radius 2 is 1.39 bits per heavy atom. The first-order valence-electron chi connectivity index (χ1n) is 15.5. The highest BCUT2D eigenvalue weighted by Crippen LogP contribution is 2.35. The second-order valence-electron chi connectivity index (χ2n) is 11.6. The largest absolute Gasteiger partial charge is 0.322 e. The van der Waals surface area contributed by atoms with E-state index in [1.54, 1.807) is 29.2 Å². The molecule has 4 aromatic carbocycles. The van der Waals surface area contributed by atoms with Crippen LogP contribution in [0.5, 0.6) is 0 Å². The normalized spacial score (nSPS) is 15.2. The minimum absolute atomic E-state index is 0.00622. The van der Waals surface area contributed by atoms with Gasteiger partial charge in [-0.05, 0) is 105 Å². The zero-order valence-electron chi connectivity index (χ0n) is 25.2. The molecule has 0 spiro atoms. The third kappa shape index (κ3) is 6.29. The van der Waals surface area contributed by atoms with Crippen molar-refractivity contribution in [1.82, 2.24) is 4.90 Å². The molecule has 0 atom stereocenters. The Morgan fingerprint density at radius 1 is 0.727 bits per heavy atom. The lowest BCUT2D eigenvalue weighted by Crippen LogP contribution is -2.49. The topological polar surface area (TPSA) is 73.0 Å². The van der Waals surface area contributed by atoms with Gasteiger partial charge in [-0.3, -0.25) is 19.3 Å².